The van der Waals surface area contributed by atoms with Gasteiger partial charge >= 0.3 is 0 Å². The second-order valence-electron chi connectivity index (χ2n) is 3.44. The van der Waals surface area contributed by atoms with Crippen molar-refractivity contribution in [2.24, 2.45) is 0 Å². The van der Waals surface area contributed by atoms with Crippen LogP contribution in [0.1, 0.15) is 10.4 Å². The largest absolute Gasteiger partial charge is 0.399 e. The van der Waals surface area contributed by atoms with Gasteiger partial charge in [0.25, 0.3) is 5.91 Å². The Bertz CT molecular complexity index is 583. The van der Waals surface area contributed by atoms with E-state index in [0.717, 1.165) is 0 Å². The van der Waals surface area contributed by atoms with Crippen LogP contribution in [0.3, 0.4) is 0 Å². The first kappa shape index (κ1) is 12.6. The van der Waals surface area contributed by atoms with Crippen molar-refractivity contribution >= 4 is 40.6 Å². The highest BCUT2D eigenvalue weighted by Crippen LogP contribution is 2.17. The molecule has 2 aromatic rings. The molecule has 1 heterocycles. The van der Waals surface area contributed by atoms with Crippen molar-refractivity contribution in [1.29, 1.82) is 0 Å². The zero-order valence-electron chi connectivity index (χ0n) is 9.02. The fourth-order valence-corrected chi connectivity index (χ4v) is 1.73. The molecule has 0 aliphatic rings. The van der Waals surface area contributed by atoms with Crippen molar-refractivity contribution in [3.63, 3.8) is 0 Å². The second-order valence-corrected chi connectivity index (χ2v) is 4.21. The van der Waals surface area contributed by atoms with Crippen molar-refractivity contribution in [1.82, 2.24) is 9.97 Å². The summed E-state index contributed by atoms with van der Waals surface area (Å²) in [7, 11) is 0. The SMILES string of the molecule is Nc1cc(Cl)cc(C(=O)Nc2ccnc(Cl)n2)c1. The van der Waals surface area contributed by atoms with Gasteiger partial charge in [0.1, 0.15) is 5.82 Å². The first-order valence-electron chi connectivity index (χ1n) is 4.90. The molecule has 2 rings (SSSR count). The molecule has 0 saturated heterocycles. The number of carbonyl (C=O) groups excluding carboxylic acids is 1. The number of anilines is 2. The summed E-state index contributed by atoms with van der Waals surface area (Å²) in [4.78, 5) is 19.5. The van der Waals surface area contributed by atoms with Crippen LogP contribution in [0.5, 0.6) is 0 Å². The molecule has 0 spiro atoms. The molecule has 1 aromatic carbocycles. The van der Waals surface area contributed by atoms with Gasteiger partial charge in [-0.15, -0.1) is 0 Å². The Kier molecular flexibility index (Phi) is 3.64. The maximum absolute atomic E-state index is 11.9. The Hall–Kier alpha value is -1.85. The standard InChI is InChI=1S/C11H8Cl2N4O/c12-7-3-6(4-8(14)5-7)10(18)16-9-1-2-15-11(13)17-9/h1-5H,14H2,(H,15,16,17,18). The Morgan fingerprint density at radius 1 is 1.28 bits per heavy atom. The van der Waals surface area contributed by atoms with E-state index in [9.17, 15) is 4.79 Å². The highest BCUT2D eigenvalue weighted by molar-refractivity contribution is 6.31. The molecule has 5 nitrogen and oxygen atoms in total. The van der Waals surface area contributed by atoms with E-state index in [1.165, 1.54) is 24.4 Å². The smallest absolute Gasteiger partial charge is 0.256 e. The minimum atomic E-state index is -0.376. The molecule has 0 bridgehead atoms. The van der Waals surface area contributed by atoms with Crippen LogP contribution in [0.15, 0.2) is 30.5 Å². The molecular weight excluding hydrogens is 275 g/mol. The summed E-state index contributed by atoms with van der Waals surface area (Å²) in [6.45, 7) is 0. The number of rotatable bonds is 2. The first-order valence-corrected chi connectivity index (χ1v) is 5.66. The molecule has 0 unspecified atom stereocenters. The van der Waals surface area contributed by atoms with Crippen LogP contribution < -0.4 is 11.1 Å². The van der Waals surface area contributed by atoms with Gasteiger partial charge in [-0.1, -0.05) is 11.6 Å². The predicted molar refractivity (Wildman–Crippen MR) is 70.9 cm³/mol. The lowest BCUT2D eigenvalue weighted by atomic mass is 10.2. The van der Waals surface area contributed by atoms with Gasteiger partial charge in [0.15, 0.2) is 0 Å². The van der Waals surface area contributed by atoms with E-state index in [2.05, 4.69) is 15.3 Å². The normalized spacial score (nSPS) is 10.1. The van der Waals surface area contributed by atoms with E-state index in [4.69, 9.17) is 28.9 Å². The molecule has 7 heteroatoms. The minimum absolute atomic E-state index is 0.0541. The molecule has 1 aromatic heterocycles. The zero-order valence-corrected chi connectivity index (χ0v) is 10.5. The molecule has 92 valence electrons. The van der Waals surface area contributed by atoms with E-state index in [0.29, 0.717) is 22.1 Å². The number of carbonyl (C=O) groups is 1. The number of nitrogen functional groups attached to an aromatic ring is 1. The number of nitrogens with two attached hydrogens (primary N) is 1. The zero-order chi connectivity index (χ0) is 13.1. The Morgan fingerprint density at radius 2 is 2.06 bits per heavy atom. The van der Waals surface area contributed by atoms with Gasteiger partial charge in [-0.2, -0.15) is 0 Å². The quantitative estimate of drug-likeness (QED) is 0.655. The average Bonchev–Trinajstić information content (AvgIpc) is 2.27. The van der Waals surface area contributed by atoms with Crippen LogP contribution in [-0.2, 0) is 0 Å². The van der Waals surface area contributed by atoms with Crippen LogP contribution in [-0.4, -0.2) is 15.9 Å². The number of hydrogen-bond acceptors (Lipinski definition) is 4. The van der Waals surface area contributed by atoms with Gasteiger partial charge in [0.05, 0.1) is 0 Å². The molecule has 0 atom stereocenters. The first-order chi connectivity index (χ1) is 8.54. The summed E-state index contributed by atoms with van der Waals surface area (Å²) < 4.78 is 0. The van der Waals surface area contributed by atoms with Crippen LogP contribution in [0.25, 0.3) is 0 Å². The summed E-state index contributed by atoms with van der Waals surface area (Å²) in [6, 6.07) is 6.11. The fraction of sp³-hybridized carbons (Fsp3) is 0. The van der Waals surface area contributed by atoms with Crippen molar-refractivity contribution < 1.29 is 4.79 Å². The highest BCUT2D eigenvalue weighted by atomic mass is 35.5. The number of hydrogen-bond donors (Lipinski definition) is 2. The number of benzene rings is 1. The molecule has 0 radical (unpaired) electrons. The predicted octanol–water partition coefficient (Wildman–Crippen LogP) is 2.62. The lowest BCUT2D eigenvalue weighted by Gasteiger charge is -2.05. The molecule has 0 aliphatic heterocycles. The highest BCUT2D eigenvalue weighted by Gasteiger charge is 2.09. The third-order valence-corrected chi connectivity index (χ3v) is 2.45. The third kappa shape index (κ3) is 3.09. The minimum Gasteiger partial charge on any atom is -0.399 e. The molecule has 1 amide bonds. The van der Waals surface area contributed by atoms with Crippen molar-refractivity contribution in [3.8, 4) is 0 Å². The van der Waals surface area contributed by atoms with E-state index < -0.39 is 0 Å². The van der Waals surface area contributed by atoms with E-state index >= 15 is 0 Å². The van der Waals surface area contributed by atoms with Crippen molar-refractivity contribution in [2.75, 3.05) is 11.1 Å². The Labute approximate surface area is 113 Å². The molecule has 0 fully saturated rings. The molecular formula is C11H8Cl2N4O. The summed E-state index contributed by atoms with van der Waals surface area (Å²) in [5.74, 6) is -0.0717. The topological polar surface area (TPSA) is 80.9 Å². The molecule has 0 aliphatic carbocycles. The van der Waals surface area contributed by atoms with Gasteiger partial charge in [0.2, 0.25) is 5.28 Å². The van der Waals surface area contributed by atoms with E-state index in [1.807, 2.05) is 0 Å². The maximum Gasteiger partial charge on any atom is 0.256 e. The number of amides is 1. The van der Waals surface area contributed by atoms with Gasteiger partial charge in [-0.3, -0.25) is 4.79 Å². The van der Waals surface area contributed by atoms with Crippen molar-refractivity contribution in [3.05, 3.63) is 46.3 Å². The van der Waals surface area contributed by atoms with Crippen LogP contribution in [0.4, 0.5) is 11.5 Å². The summed E-state index contributed by atoms with van der Waals surface area (Å²) in [6.07, 6.45) is 1.44. The molecule has 18 heavy (non-hydrogen) atoms. The van der Waals surface area contributed by atoms with E-state index in [1.54, 1.807) is 6.07 Å². The number of halogens is 2. The Balaban J connectivity index is 2.22. The van der Waals surface area contributed by atoms with E-state index in [-0.39, 0.29) is 11.2 Å². The Morgan fingerprint density at radius 3 is 2.72 bits per heavy atom. The fourth-order valence-electron chi connectivity index (χ4n) is 1.34. The van der Waals surface area contributed by atoms with Crippen LogP contribution in [0, 0.1) is 0 Å². The number of nitrogens with one attached hydrogen (secondary N) is 1. The molecule has 3 N–H and O–H groups in total. The summed E-state index contributed by atoms with van der Waals surface area (Å²) >= 11 is 11.4. The second kappa shape index (κ2) is 5.20. The van der Waals surface area contributed by atoms with Crippen LogP contribution in [0.2, 0.25) is 10.3 Å². The van der Waals surface area contributed by atoms with Gasteiger partial charge < -0.3 is 11.1 Å². The summed E-state index contributed by atoms with van der Waals surface area (Å²) in [5, 5.41) is 3.01. The lowest BCUT2D eigenvalue weighted by Crippen LogP contribution is -2.13. The van der Waals surface area contributed by atoms with Gasteiger partial charge in [0, 0.05) is 22.5 Å². The van der Waals surface area contributed by atoms with Gasteiger partial charge in [-0.25, -0.2) is 9.97 Å². The number of aromatic nitrogens is 2. The van der Waals surface area contributed by atoms with Crippen molar-refractivity contribution in [2.45, 2.75) is 0 Å². The lowest BCUT2D eigenvalue weighted by molar-refractivity contribution is 0.102. The molecule has 0 saturated carbocycles. The maximum atomic E-state index is 11.9. The van der Waals surface area contributed by atoms with Gasteiger partial charge in [-0.05, 0) is 35.9 Å². The summed E-state index contributed by atoms with van der Waals surface area (Å²) in [5.41, 5.74) is 6.36. The third-order valence-electron chi connectivity index (χ3n) is 2.05. The monoisotopic (exact) mass is 282 g/mol. The number of nitrogens with zero attached hydrogens (tertiary/aromatic N) is 2. The van der Waals surface area contributed by atoms with Crippen LogP contribution >= 0.6 is 23.2 Å². The average molecular weight is 283 g/mol.